The van der Waals surface area contributed by atoms with E-state index in [1.54, 1.807) is 6.08 Å². The fraction of sp³-hybridized carbons (Fsp3) is 0.273. The van der Waals surface area contributed by atoms with E-state index in [2.05, 4.69) is 11.9 Å². The average Bonchev–Trinajstić information content (AvgIpc) is 2.29. The molecule has 0 bridgehead atoms. The number of nitrogens with zero attached hydrogens (tertiary/aromatic N) is 1. The molecule has 0 aliphatic carbocycles. The van der Waals surface area contributed by atoms with Gasteiger partial charge in [0.15, 0.2) is 0 Å². The predicted octanol–water partition coefficient (Wildman–Crippen LogP) is 3.52. The van der Waals surface area contributed by atoms with Crippen LogP contribution in [-0.2, 0) is 0 Å². The van der Waals surface area contributed by atoms with Gasteiger partial charge in [-0.25, -0.2) is 8.78 Å². The standard InChI is InChI=1S/C11H12F2N2O2/c1-2-3-6-14-10-5-4-8(15(16)17)7-9(10)11(12)13/h2,4-5,7,11,14H,1,3,6H2. The van der Waals surface area contributed by atoms with Crippen LogP contribution in [0.2, 0.25) is 0 Å². The first-order chi connectivity index (χ1) is 8.06. The number of hydrogen-bond acceptors (Lipinski definition) is 3. The Morgan fingerprint density at radius 3 is 2.76 bits per heavy atom. The Morgan fingerprint density at radius 2 is 2.24 bits per heavy atom. The van der Waals surface area contributed by atoms with E-state index in [9.17, 15) is 18.9 Å². The van der Waals surface area contributed by atoms with Crippen molar-refractivity contribution in [3.8, 4) is 0 Å². The van der Waals surface area contributed by atoms with Crippen molar-refractivity contribution in [2.75, 3.05) is 11.9 Å². The molecular weight excluding hydrogens is 230 g/mol. The van der Waals surface area contributed by atoms with Gasteiger partial charge in [0.1, 0.15) is 0 Å². The second-order valence-corrected chi connectivity index (χ2v) is 3.33. The highest BCUT2D eigenvalue weighted by molar-refractivity contribution is 5.56. The lowest BCUT2D eigenvalue weighted by molar-refractivity contribution is -0.385. The summed E-state index contributed by atoms with van der Waals surface area (Å²) < 4.78 is 25.4. The van der Waals surface area contributed by atoms with Gasteiger partial charge in [0, 0.05) is 29.9 Å². The lowest BCUT2D eigenvalue weighted by atomic mass is 10.1. The summed E-state index contributed by atoms with van der Waals surface area (Å²) in [5.41, 5.74) is -0.481. The number of non-ortho nitro benzene ring substituents is 1. The van der Waals surface area contributed by atoms with E-state index < -0.39 is 11.3 Å². The third-order valence-electron chi connectivity index (χ3n) is 2.14. The summed E-state index contributed by atoms with van der Waals surface area (Å²) in [7, 11) is 0. The number of hydrogen-bond donors (Lipinski definition) is 1. The van der Waals surface area contributed by atoms with E-state index in [0.29, 0.717) is 13.0 Å². The van der Waals surface area contributed by atoms with Crippen molar-refractivity contribution in [2.45, 2.75) is 12.8 Å². The molecule has 1 N–H and O–H groups in total. The second-order valence-electron chi connectivity index (χ2n) is 3.33. The zero-order chi connectivity index (χ0) is 12.8. The summed E-state index contributed by atoms with van der Waals surface area (Å²) in [4.78, 5) is 9.78. The minimum Gasteiger partial charge on any atom is -0.384 e. The van der Waals surface area contributed by atoms with Gasteiger partial charge in [0.25, 0.3) is 12.1 Å². The molecule has 0 unspecified atom stereocenters. The summed E-state index contributed by atoms with van der Waals surface area (Å²) in [5.74, 6) is 0. The maximum Gasteiger partial charge on any atom is 0.270 e. The third-order valence-corrected chi connectivity index (χ3v) is 2.14. The van der Waals surface area contributed by atoms with Crippen molar-refractivity contribution >= 4 is 11.4 Å². The van der Waals surface area contributed by atoms with Gasteiger partial charge < -0.3 is 5.32 Å². The number of nitro groups is 1. The molecule has 0 atom stereocenters. The van der Waals surface area contributed by atoms with E-state index in [4.69, 9.17) is 0 Å². The van der Waals surface area contributed by atoms with Gasteiger partial charge in [-0.1, -0.05) is 6.08 Å². The van der Waals surface area contributed by atoms with E-state index in [1.165, 1.54) is 12.1 Å². The smallest absolute Gasteiger partial charge is 0.270 e. The number of rotatable bonds is 6. The topological polar surface area (TPSA) is 55.2 Å². The molecule has 0 aliphatic heterocycles. The van der Waals surface area contributed by atoms with E-state index >= 15 is 0 Å². The van der Waals surface area contributed by atoms with Gasteiger partial charge in [0.2, 0.25) is 0 Å². The van der Waals surface area contributed by atoms with Gasteiger partial charge in [-0.15, -0.1) is 6.58 Å². The van der Waals surface area contributed by atoms with E-state index in [-0.39, 0.29) is 16.9 Å². The lowest BCUT2D eigenvalue weighted by Crippen LogP contribution is -2.04. The molecule has 1 aromatic rings. The van der Waals surface area contributed by atoms with Crippen LogP contribution in [0.3, 0.4) is 0 Å². The minimum atomic E-state index is -2.75. The average molecular weight is 242 g/mol. The largest absolute Gasteiger partial charge is 0.384 e. The number of anilines is 1. The number of halogens is 2. The fourth-order valence-electron chi connectivity index (χ4n) is 1.31. The lowest BCUT2D eigenvalue weighted by Gasteiger charge is -2.10. The Bertz CT molecular complexity index is 422. The number of benzene rings is 1. The van der Waals surface area contributed by atoms with Crippen LogP contribution in [0, 0.1) is 10.1 Å². The van der Waals surface area contributed by atoms with Crippen LogP contribution in [-0.4, -0.2) is 11.5 Å². The van der Waals surface area contributed by atoms with Gasteiger partial charge in [-0.05, 0) is 12.5 Å². The Balaban J connectivity index is 2.96. The normalized spacial score (nSPS) is 10.3. The van der Waals surface area contributed by atoms with Crippen LogP contribution in [0.25, 0.3) is 0 Å². The number of alkyl halides is 2. The molecule has 0 radical (unpaired) electrons. The number of nitrogens with one attached hydrogen (secondary N) is 1. The van der Waals surface area contributed by atoms with Gasteiger partial charge in [-0.2, -0.15) is 0 Å². The van der Waals surface area contributed by atoms with Crippen molar-refractivity contribution in [2.24, 2.45) is 0 Å². The molecular formula is C11H12F2N2O2. The molecule has 0 fully saturated rings. The molecule has 0 spiro atoms. The van der Waals surface area contributed by atoms with Crippen LogP contribution < -0.4 is 5.32 Å². The maximum atomic E-state index is 12.7. The highest BCUT2D eigenvalue weighted by Crippen LogP contribution is 2.30. The van der Waals surface area contributed by atoms with E-state index in [0.717, 1.165) is 6.07 Å². The van der Waals surface area contributed by atoms with Gasteiger partial charge in [-0.3, -0.25) is 10.1 Å². The molecule has 17 heavy (non-hydrogen) atoms. The predicted molar refractivity (Wildman–Crippen MR) is 61.4 cm³/mol. The Labute approximate surface area is 97.1 Å². The summed E-state index contributed by atoms with van der Waals surface area (Å²) in [6.45, 7) is 3.97. The zero-order valence-corrected chi connectivity index (χ0v) is 9.03. The molecule has 1 rings (SSSR count). The quantitative estimate of drug-likeness (QED) is 0.359. The molecule has 4 nitrogen and oxygen atoms in total. The van der Waals surface area contributed by atoms with Crippen molar-refractivity contribution in [1.82, 2.24) is 0 Å². The fourth-order valence-corrected chi connectivity index (χ4v) is 1.31. The summed E-state index contributed by atoms with van der Waals surface area (Å²) in [6, 6.07) is 3.38. The first kappa shape index (κ1) is 13.1. The van der Waals surface area contributed by atoms with E-state index in [1.807, 2.05) is 0 Å². The monoisotopic (exact) mass is 242 g/mol. The summed E-state index contributed by atoms with van der Waals surface area (Å²) >= 11 is 0. The highest BCUT2D eigenvalue weighted by Gasteiger charge is 2.17. The van der Waals surface area contributed by atoms with Crippen molar-refractivity contribution in [1.29, 1.82) is 0 Å². The van der Waals surface area contributed by atoms with Crippen molar-refractivity contribution in [3.63, 3.8) is 0 Å². The first-order valence-corrected chi connectivity index (χ1v) is 4.97. The molecule has 6 heteroatoms. The van der Waals surface area contributed by atoms with Crippen LogP contribution in [0.1, 0.15) is 18.4 Å². The molecule has 0 heterocycles. The molecule has 0 saturated carbocycles. The summed E-state index contributed by atoms with van der Waals surface area (Å²) in [6.07, 6.45) is -0.471. The molecule has 0 aromatic heterocycles. The maximum absolute atomic E-state index is 12.7. The van der Waals surface area contributed by atoms with Crippen LogP contribution in [0.4, 0.5) is 20.2 Å². The van der Waals surface area contributed by atoms with Crippen LogP contribution >= 0.6 is 0 Å². The Kier molecular flexibility index (Phi) is 4.56. The van der Waals surface area contributed by atoms with Crippen molar-refractivity contribution < 1.29 is 13.7 Å². The molecule has 0 amide bonds. The Morgan fingerprint density at radius 1 is 1.53 bits per heavy atom. The van der Waals surface area contributed by atoms with Gasteiger partial charge in [0.05, 0.1) is 4.92 Å². The van der Waals surface area contributed by atoms with Gasteiger partial charge >= 0.3 is 0 Å². The minimum absolute atomic E-state index is 0.215. The van der Waals surface area contributed by atoms with Crippen LogP contribution in [0.15, 0.2) is 30.9 Å². The SMILES string of the molecule is C=CCCNc1ccc([N+](=O)[O-])cc1C(F)F. The molecule has 0 saturated heterocycles. The second kappa shape index (κ2) is 5.93. The highest BCUT2D eigenvalue weighted by atomic mass is 19.3. The molecule has 92 valence electrons. The van der Waals surface area contributed by atoms with Crippen LogP contribution in [0.5, 0.6) is 0 Å². The number of nitro benzene ring substituents is 1. The summed E-state index contributed by atoms with van der Waals surface area (Å²) in [5, 5.41) is 13.3. The third kappa shape index (κ3) is 3.51. The van der Waals surface area contributed by atoms with Crippen molar-refractivity contribution in [3.05, 3.63) is 46.5 Å². The zero-order valence-electron chi connectivity index (χ0n) is 9.03. The first-order valence-electron chi connectivity index (χ1n) is 4.97. The molecule has 0 aliphatic rings. The molecule has 1 aromatic carbocycles. The Hall–Kier alpha value is -1.98.